The SMILES string of the molecule is CC(=O)C/C=C1\COC(C)(C)O1. The van der Waals surface area contributed by atoms with Crippen LogP contribution in [0, 0.1) is 0 Å². The molecule has 3 nitrogen and oxygen atoms in total. The molecule has 68 valence electrons. The topological polar surface area (TPSA) is 35.5 Å². The van der Waals surface area contributed by atoms with E-state index in [9.17, 15) is 4.79 Å². The number of ether oxygens (including phenoxy) is 2. The Morgan fingerprint density at radius 2 is 2.33 bits per heavy atom. The molecule has 0 spiro atoms. The van der Waals surface area contributed by atoms with Crippen molar-refractivity contribution in [3.8, 4) is 0 Å². The minimum absolute atomic E-state index is 0.135. The maximum Gasteiger partial charge on any atom is 0.204 e. The Hall–Kier alpha value is -0.830. The van der Waals surface area contributed by atoms with Gasteiger partial charge in [0.2, 0.25) is 5.79 Å². The molecular formula is C9H14O3. The standard InChI is InChI=1S/C9H14O3/c1-7(10)4-5-8-6-11-9(2,3)12-8/h5H,4,6H2,1-3H3/b8-5+. The largest absolute Gasteiger partial charge is 0.465 e. The van der Waals surface area contributed by atoms with Crippen LogP contribution in [-0.4, -0.2) is 18.2 Å². The third-order valence-corrected chi connectivity index (χ3v) is 1.56. The molecule has 1 rings (SSSR count). The van der Waals surface area contributed by atoms with Crippen LogP contribution in [0.2, 0.25) is 0 Å². The number of hydrogen-bond donors (Lipinski definition) is 0. The monoisotopic (exact) mass is 170 g/mol. The summed E-state index contributed by atoms with van der Waals surface area (Å²) in [6.45, 7) is 5.72. The van der Waals surface area contributed by atoms with Crippen molar-refractivity contribution in [3.63, 3.8) is 0 Å². The van der Waals surface area contributed by atoms with E-state index < -0.39 is 5.79 Å². The van der Waals surface area contributed by atoms with Gasteiger partial charge in [-0.2, -0.15) is 0 Å². The first-order valence-electron chi connectivity index (χ1n) is 4.01. The van der Waals surface area contributed by atoms with Gasteiger partial charge < -0.3 is 9.47 Å². The van der Waals surface area contributed by atoms with E-state index in [1.165, 1.54) is 0 Å². The van der Waals surface area contributed by atoms with Crippen molar-refractivity contribution in [2.75, 3.05) is 6.61 Å². The van der Waals surface area contributed by atoms with Gasteiger partial charge in [-0.15, -0.1) is 0 Å². The first kappa shape index (κ1) is 9.26. The van der Waals surface area contributed by atoms with Crippen molar-refractivity contribution in [1.29, 1.82) is 0 Å². The van der Waals surface area contributed by atoms with Gasteiger partial charge in [-0.1, -0.05) is 0 Å². The molecule has 1 aliphatic rings. The van der Waals surface area contributed by atoms with Crippen molar-refractivity contribution in [2.45, 2.75) is 33.0 Å². The lowest BCUT2D eigenvalue weighted by molar-refractivity contribution is -0.118. The van der Waals surface area contributed by atoms with Gasteiger partial charge in [0.05, 0.1) is 0 Å². The van der Waals surface area contributed by atoms with Crippen LogP contribution in [0.4, 0.5) is 0 Å². The summed E-state index contributed by atoms with van der Waals surface area (Å²) in [5.74, 6) is 0.369. The van der Waals surface area contributed by atoms with Gasteiger partial charge in [-0.05, 0) is 13.0 Å². The number of allylic oxidation sites excluding steroid dienone is 1. The predicted molar refractivity (Wildman–Crippen MR) is 44.5 cm³/mol. The molecular weight excluding hydrogens is 156 g/mol. The molecule has 0 radical (unpaired) electrons. The molecule has 0 aliphatic carbocycles. The summed E-state index contributed by atoms with van der Waals surface area (Å²) in [5, 5.41) is 0. The fourth-order valence-electron chi connectivity index (χ4n) is 0.978. The van der Waals surface area contributed by atoms with Crippen molar-refractivity contribution < 1.29 is 14.3 Å². The average Bonchev–Trinajstić information content (AvgIpc) is 2.26. The smallest absolute Gasteiger partial charge is 0.204 e. The zero-order chi connectivity index (χ0) is 9.19. The number of carbonyl (C=O) groups excluding carboxylic acids is 1. The van der Waals surface area contributed by atoms with E-state index in [2.05, 4.69) is 0 Å². The molecule has 0 bridgehead atoms. The highest BCUT2D eigenvalue weighted by Crippen LogP contribution is 2.24. The van der Waals surface area contributed by atoms with Gasteiger partial charge in [0.25, 0.3) is 0 Å². The summed E-state index contributed by atoms with van der Waals surface area (Å²) >= 11 is 0. The van der Waals surface area contributed by atoms with Gasteiger partial charge >= 0.3 is 0 Å². The summed E-state index contributed by atoms with van der Waals surface area (Å²) in [7, 11) is 0. The molecule has 0 amide bonds. The third kappa shape index (κ3) is 2.66. The molecule has 0 atom stereocenters. The number of rotatable bonds is 2. The summed E-state index contributed by atoms with van der Waals surface area (Å²) < 4.78 is 10.7. The Bertz CT molecular complexity index is 216. The maximum absolute atomic E-state index is 10.6. The van der Waals surface area contributed by atoms with E-state index in [0.717, 1.165) is 5.76 Å². The summed E-state index contributed by atoms with van der Waals surface area (Å²) in [6, 6.07) is 0. The number of ketones is 1. The van der Waals surface area contributed by atoms with Crippen LogP contribution in [0.1, 0.15) is 27.2 Å². The normalized spacial score (nSPS) is 24.1. The fraction of sp³-hybridized carbons (Fsp3) is 0.667. The molecule has 12 heavy (non-hydrogen) atoms. The Balaban J connectivity index is 2.46. The van der Waals surface area contributed by atoms with Crippen molar-refractivity contribution in [2.24, 2.45) is 0 Å². The Labute approximate surface area is 72.4 Å². The van der Waals surface area contributed by atoms with Crippen LogP contribution in [0.3, 0.4) is 0 Å². The van der Waals surface area contributed by atoms with Crippen LogP contribution in [0.5, 0.6) is 0 Å². The van der Waals surface area contributed by atoms with Crippen LogP contribution in [0.25, 0.3) is 0 Å². The second-order valence-corrected chi connectivity index (χ2v) is 3.37. The summed E-state index contributed by atoms with van der Waals surface area (Å²) in [4.78, 5) is 10.6. The summed E-state index contributed by atoms with van der Waals surface area (Å²) in [6.07, 6.45) is 2.20. The van der Waals surface area contributed by atoms with E-state index in [0.29, 0.717) is 13.0 Å². The minimum atomic E-state index is -0.525. The van der Waals surface area contributed by atoms with Crippen molar-refractivity contribution in [1.82, 2.24) is 0 Å². The van der Waals surface area contributed by atoms with Gasteiger partial charge in [0.15, 0.2) is 0 Å². The second kappa shape index (κ2) is 3.27. The Morgan fingerprint density at radius 3 is 2.75 bits per heavy atom. The zero-order valence-electron chi connectivity index (χ0n) is 7.72. The van der Waals surface area contributed by atoms with E-state index in [1.54, 1.807) is 13.0 Å². The van der Waals surface area contributed by atoms with Crippen LogP contribution < -0.4 is 0 Å². The average molecular weight is 170 g/mol. The molecule has 1 saturated heterocycles. The molecule has 1 aliphatic heterocycles. The molecule has 1 heterocycles. The maximum atomic E-state index is 10.6. The first-order chi connectivity index (χ1) is 5.49. The lowest BCUT2D eigenvalue weighted by Gasteiger charge is -2.15. The van der Waals surface area contributed by atoms with Gasteiger partial charge in [-0.25, -0.2) is 0 Å². The fourth-order valence-corrected chi connectivity index (χ4v) is 0.978. The van der Waals surface area contributed by atoms with E-state index >= 15 is 0 Å². The van der Waals surface area contributed by atoms with Gasteiger partial charge in [0, 0.05) is 20.3 Å². The van der Waals surface area contributed by atoms with Crippen LogP contribution in [-0.2, 0) is 14.3 Å². The molecule has 0 aromatic rings. The zero-order valence-corrected chi connectivity index (χ0v) is 7.72. The number of Topliss-reactive ketones (excluding diaryl/α,β-unsaturated/α-hetero) is 1. The molecule has 0 aromatic carbocycles. The van der Waals surface area contributed by atoms with E-state index in [-0.39, 0.29) is 5.78 Å². The van der Waals surface area contributed by atoms with Crippen LogP contribution in [0.15, 0.2) is 11.8 Å². The van der Waals surface area contributed by atoms with Gasteiger partial charge in [0.1, 0.15) is 18.1 Å². The molecule has 0 aromatic heterocycles. The number of hydrogen-bond acceptors (Lipinski definition) is 3. The molecule has 0 unspecified atom stereocenters. The third-order valence-electron chi connectivity index (χ3n) is 1.56. The lowest BCUT2D eigenvalue weighted by Crippen LogP contribution is -2.18. The molecule has 3 heteroatoms. The highest BCUT2D eigenvalue weighted by molar-refractivity contribution is 5.77. The van der Waals surface area contributed by atoms with Crippen LogP contribution >= 0.6 is 0 Å². The highest BCUT2D eigenvalue weighted by atomic mass is 16.7. The molecule has 1 fully saturated rings. The predicted octanol–water partition coefficient (Wildman–Crippen LogP) is 1.63. The first-order valence-corrected chi connectivity index (χ1v) is 4.01. The molecule has 0 saturated carbocycles. The second-order valence-electron chi connectivity index (χ2n) is 3.37. The van der Waals surface area contributed by atoms with E-state index in [4.69, 9.17) is 9.47 Å². The van der Waals surface area contributed by atoms with Gasteiger partial charge in [-0.3, -0.25) is 4.79 Å². The summed E-state index contributed by atoms with van der Waals surface area (Å²) in [5.41, 5.74) is 0. The van der Waals surface area contributed by atoms with Crippen molar-refractivity contribution >= 4 is 5.78 Å². The van der Waals surface area contributed by atoms with Crippen molar-refractivity contribution in [3.05, 3.63) is 11.8 Å². The number of carbonyl (C=O) groups is 1. The highest BCUT2D eigenvalue weighted by Gasteiger charge is 2.28. The minimum Gasteiger partial charge on any atom is -0.465 e. The Morgan fingerprint density at radius 1 is 1.67 bits per heavy atom. The lowest BCUT2D eigenvalue weighted by atomic mass is 10.3. The molecule has 0 N–H and O–H groups in total. The Kier molecular flexibility index (Phi) is 2.52. The quantitative estimate of drug-likeness (QED) is 0.632. The van der Waals surface area contributed by atoms with E-state index in [1.807, 2.05) is 13.8 Å².